The number of methoxy groups -OCH3 is 1. The van der Waals surface area contributed by atoms with E-state index in [-0.39, 0.29) is 18.5 Å². The van der Waals surface area contributed by atoms with Crippen molar-refractivity contribution >= 4 is 5.97 Å². The molecule has 0 bridgehead atoms. The van der Waals surface area contributed by atoms with E-state index in [1.165, 1.54) is 7.11 Å². The summed E-state index contributed by atoms with van der Waals surface area (Å²) in [7, 11) is 1.38. The number of carbonyl (C=O) groups is 1. The lowest BCUT2D eigenvalue weighted by atomic mass is 10.1. The highest BCUT2D eigenvalue weighted by Gasteiger charge is 2.22. The van der Waals surface area contributed by atoms with Crippen molar-refractivity contribution < 1.29 is 18.7 Å². The molecule has 1 atom stereocenters. The Labute approximate surface area is 118 Å². The van der Waals surface area contributed by atoms with E-state index in [0.717, 1.165) is 17.1 Å². The lowest BCUT2D eigenvalue weighted by Gasteiger charge is -2.14. The molecule has 1 unspecified atom stereocenters. The smallest absolute Gasteiger partial charge is 0.312 e. The van der Waals surface area contributed by atoms with Gasteiger partial charge in [0, 0.05) is 6.42 Å². The summed E-state index contributed by atoms with van der Waals surface area (Å²) in [5.74, 6) is 0.804. The van der Waals surface area contributed by atoms with E-state index in [1.807, 2.05) is 37.3 Å². The van der Waals surface area contributed by atoms with Crippen molar-refractivity contribution in [3.05, 3.63) is 54.0 Å². The van der Waals surface area contributed by atoms with E-state index in [1.54, 1.807) is 12.3 Å². The van der Waals surface area contributed by atoms with Crippen LogP contribution in [0.3, 0.4) is 0 Å². The van der Waals surface area contributed by atoms with Crippen LogP contribution < -0.4 is 4.74 Å². The number of esters is 1. The Balaban J connectivity index is 1.97. The largest absolute Gasteiger partial charge is 0.493 e. The van der Waals surface area contributed by atoms with E-state index in [4.69, 9.17) is 13.9 Å². The van der Waals surface area contributed by atoms with Crippen LogP contribution in [0.1, 0.15) is 11.3 Å². The van der Waals surface area contributed by atoms with E-state index in [9.17, 15) is 4.79 Å². The lowest BCUT2D eigenvalue weighted by Crippen LogP contribution is -2.25. The maximum atomic E-state index is 11.8. The molecule has 1 heterocycles. The molecule has 4 nitrogen and oxygen atoms in total. The number of hydrogen-bond donors (Lipinski definition) is 0. The highest BCUT2D eigenvalue weighted by molar-refractivity contribution is 5.72. The van der Waals surface area contributed by atoms with Gasteiger partial charge >= 0.3 is 5.97 Å². The van der Waals surface area contributed by atoms with E-state index in [2.05, 4.69) is 0 Å². The molecule has 1 aromatic carbocycles. The molecule has 0 amide bonds. The first-order valence-electron chi connectivity index (χ1n) is 6.48. The van der Waals surface area contributed by atoms with Gasteiger partial charge in [0.2, 0.25) is 0 Å². The van der Waals surface area contributed by atoms with Gasteiger partial charge in [-0.1, -0.05) is 17.7 Å². The first kappa shape index (κ1) is 14.2. The van der Waals surface area contributed by atoms with Crippen LogP contribution in [-0.2, 0) is 16.0 Å². The minimum absolute atomic E-state index is 0.260. The van der Waals surface area contributed by atoms with Gasteiger partial charge in [-0.25, -0.2) is 0 Å². The zero-order chi connectivity index (χ0) is 14.4. The first-order valence-corrected chi connectivity index (χ1v) is 6.48. The topological polar surface area (TPSA) is 48.7 Å². The molecule has 0 saturated carbocycles. The summed E-state index contributed by atoms with van der Waals surface area (Å²) < 4.78 is 15.7. The molecular formula is C16H18O4. The summed E-state index contributed by atoms with van der Waals surface area (Å²) in [4.78, 5) is 11.8. The average molecular weight is 274 g/mol. The van der Waals surface area contributed by atoms with Gasteiger partial charge in [0.1, 0.15) is 18.1 Å². The minimum atomic E-state index is -0.382. The van der Waals surface area contributed by atoms with Crippen LogP contribution in [0.2, 0.25) is 0 Å². The van der Waals surface area contributed by atoms with Gasteiger partial charge < -0.3 is 13.9 Å². The third-order valence-electron chi connectivity index (χ3n) is 3.03. The van der Waals surface area contributed by atoms with Crippen molar-refractivity contribution in [2.75, 3.05) is 13.7 Å². The molecule has 0 fully saturated rings. The summed E-state index contributed by atoms with van der Waals surface area (Å²) >= 11 is 0. The SMILES string of the molecule is COC(=O)C(COc1ccc(C)cc1)Cc1ccco1. The molecule has 2 aromatic rings. The van der Waals surface area contributed by atoms with Crippen molar-refractivity contribution in [2.45, 2.75) is 13.3 Å². The molecule has 106 valence electrons. The standard InChI is InChI=1S/C16H18O4/c1-12-5-7-14(8-6-12)20-11-13(16(17)18-2)10-15-4-3-9-19-15/h3-9,13H,10-11H2,1-2H3. The fourth-order valence-corrected chi connectivity index (χ4v) is 1.88. The van der Waals surface area contributed by atoms with Crippen molar-refractivity contribution in [1.29, 1.82) is 0 Å². The Morgan fingerprint density at radius 1 is 1.25 bits per heavy atom. The van der Waals surface area contributed by atoms with Crippen molar-refractivity contribution in [1.82, 2.24) is 0 Å². The second kappa shape index (κ2) is 6.80. The number of aryl methyl sites for hydroxylation is 1. The predicted molar refractivity (Wildman–Crippen MR) is 74.6 cm³/mol. The molecule has 2 rings (SSSR count). The van der Waals surface area contributed by atoms with E-state index < -0.39 is 0 Å². The van der Waals surface area contributed by atoms with Crippen molar-refractivity contribution in [3.63, 3.8) is 0 Å². The number of carbonyl (C=O) groups excluding carboxylic acids is 1. The number of benzene rings is 1. The second-order valence-electron chi connectivity index (χ2n) is 4.63. The van der Waals surface area contributed by atoms with Crippen LogP contribution in [0.4, 0.5) is 0 Å². The van der Waals surface area contributed by atoms with Gasteiger partial charge in [-0.05, 0) is 31.2 Å². The molecule has 0 aliphatic carbocycles. The molecule has 0 spiro atoms. The third-order valence-corrected chi connectivity index (χ3v) is 3.03. The van der Waals surface area contributed by atoms with Crippen LogP contribution in [-0.4, -0.2) is 19.7 Å². The monoisotopic (exact) mass is 274 g/mol. The van der Waals surface area contributed by atoms with Crippen molar-refractivity contribution in [3.8, 4) is 5.75 Å². The Bertz CT molecular complexity index is 528. The highest BCUT2D eigenvalue weighted by atomic mass is 16.5. The maximum absolute atomic E-state index is 11.8. The number of hydrogen-bond acceptors (Lipinski definition) is 4. The van der Waals surface area contributed by atoms with Gasteiger partial charge in [0.25, 0.3) is 0 Å². The van der Waals surface area contributed by atoms with Crippen LogP contribution in [0.5, 0.6) is 5.75 Å². The third kappa shape index (κ3) is 3.88. The Morgan fingerprint density at radius 3 is 2.60 bits per heavy atom. The summed E-state index contributed by atoms with van der Waals surface area (Å²) in [6.07, 6.45) is 2.05. The van der Waals surface area contributed by atoms with E-state index in [0.29, 0.717) is 6.42 Å². The molecule has 0 radical (unpaired) electrons. The molecule has 0 aliphatic rings. The highest BCUT2D eigenvalue weighted by Crippen LogP contribution is 2.16. The number of ether oxygens (including phenoxy) is 2. The summed E-state index contributed by atoms with van der Waals surface area (Å²) in [5.41, 5.74) is 1.16. The fraction of sp³-hybridized carbons (Fsp3) is 0.312. The Kier molecular flexibility index (Phi) is 4.82. The Morgan fingerprint density at radius 2 is 2.00 bits per heavy atom. The van der Waals surface area contributed by atoms with Gasteiger partial charge in [-0.3, -0.25) is 4.79 Å². The van der Waals surface area contributed by atoms with Gasteiger partial charge in [-0.15, -0.1) is 0 Å². The number of rotatable bonds is 6. The van der Waals surface area contributed by atoms with E-state index >= 15 is 0 Å². The molecular weight excluding hydrogens is 256 g/mol. The molecule has 20 heavy (non-hydrogen) atoms. The molecule has 1 aromatic heterocycles. The van der Waals surface area contributed by atoms with Crippen LogP contribution in [0.25, 0.3) is 0 Å². The van der Waals surface area contributed by atoms with Gasteiger partial charge in [-0.2, -0.15) is 0 Å². The maximum Gasteiger partial charge on any atom is 0.312 e. The molecule has 0 aliphatic heterocycles. The molecule has 0 saturated heterocycles. The summed E-state index contributed by atoms with van der Waals surface area (Å²) in [6.45, 7) is 2.27. The van der Waals surface area contributed by atoms with Crippen LogP contribution in [0.15, 0.2) is 47.1 Å². The van der Waals surface area contributed by atoms with Crippen LogP contribution in [0, 0.1) is 12.8 Å². The normalized spacial score (nSPS) is 11.9. The Hall–Kier alpha value is -2.23. The fourth-order valence-electron chi connectivity index (χ4n) is 1.88. The van der Waals surface area contributed by atoms with Gasteiger partial charge in [0.15, 0.2) is 0 Å². The first-order chi connectivity index (χ1) is 9.69. The average Bonchev–Trinajstić information content (AvgIpc) is 2.97. The molecule has 0 N–H and O–H groups in total. The minimum Gasteiger partial charge on any atom is -0.493 e. The van der Waals surface area contributed by atoms with Crippen molar-refractivity contribution in [2.24, 2.45) is 5.92 Å². The number of furan rings is 1. The van der Waals surface area contributed by atoms with Crippen LogP contribution >= 0.6 is 0 Å². The second-order valence-corrected chi connectivity index (χ2v) is 4.63. The quantitative estimate of drug-likeness (QED) is 0.760. The van der Waals surface area contributed by atoms with Gasteiger partial charge in [0.05, 0.1) is 19.3 Å². The zero-order valence-electron chi connectivity index (χ0n) is 11.7. The zero-order valence-corrected chi connectivity index (χ0v) is 11.7. The predicted octanol–water partition coefficient (Wildman–Crippen LogP) is 3.00. The summed E-state index contributed by atoms with van der Waals surface area (Å²) in [6, 6.07) is 11.3. The summed E-state index contributed by atoms with van der Waals surface area (Å²) in [5, 5.41) is 0. The molecule has 4 heteroatoms. The lowest BCUT2D eigenvalue weighted by molar-refractivity contribution is -0.146.